The minimum absolute atomic E-state index is 0.0903. The predicted molar refractivity (Wildman–Crippen MR) is 249 cm³/mol. The van der Waals surface area contributed by atoms with E-state index in [9.17, 15) is 0 Å². The predicted octanol–water partition coefficient (Wildman–Crippen LogP) is 15.1. The minimum Gasteiger partial charge on any atom is -0.378 e. The van der Waals surface area contributed by atoms with Gasteiger partial charge in [0.1, 0.15) is 0 Å². The van der Waals surface area contributed by atoms with Gasteiger partial charge in [0.15, 0.2) is 0 Å². The first-order valence-electron chi connectivity index (χ1n) is 20.5. The maximum atomic E-state index is 4.04. The minimum atomic E-state index is 0.0903. The van der Waals surface area contributed by atoms with Gasteiger partial charge in [0, 0.05) is 58.6 Å². The number of aryl methyl sites for hydroxylation is 1. The Bertz CT molecular complexity index is 3270. The van der Waals surface area contributed by atoms with Gasteiger partial charge in [-0.15, -0.1) is 22.7 Å². The third-order valence-corrected chi connectivity index (χ3v) is 15.5. The summed E-state index contributed by atoms with van der Waals surface area (Å²) in [5.41, 5.74) is 13.6. The number of hydrogen-bond acceptors (Lipinski definition) is 4. The normalized spacial score (nSPS) is 20.0. The quantitative estimate of drug-likeness (QED) is 0.191. The van der Waals surface area contributed by atoms with Crippen molar-refractivity contribution in [2.45, 2.75) is 36.8 Å². The molecule has 0 amide bonds. The van der Waals surface area contributed by atoms with E-state index in [1.165, 1.54) is 102 Å². The molecule has 4 unspecified atom stereocenters. The zero-order chi connectivity index (χ0) is 37.9. The first-order valence-corrected chi connectivity index (χ1v) is 22.2. The van der Waals surface area contributed by atoms with Crippen molar-refractivity contribution in [3.8, 4) is 11.1 Å². The van der Waals surface area contributed by atoms with Gasteiger partial charge in [-0.1, -0.05) is 127 Å². The highest BCUT2D eigenvalue weighted by Gasteiger charge is 2.47. The molecule has 9 aromatic rings. The summed E-state index contributed by atoms with van der Waals surface area (Å²) in [6, 6.07) is 53.4. The molecule has 1 aliphatic heterocycles. The van der Waals surface area contributed by atoms with Crippen LogP contribution in [0.4, 0.5) is 17.1 Å². The molecule has 4 aliphatic rings. The van der Waals surface area contributed by atoms with Crippen LogP contribution in [0, 0.1) is 0 Å². The van der Waals surface area contributed by atoms with Gasteiger partial charge in [-0.25, -0.2) is 0 Å². The monoisotopic (exact) mass is 778 g/mol. The molecule has 0 saturated carbocycles. The van der Waals surface area contributed by atoms with Crippen molar-refractivity contribution in [1.29, 1.82) is 0 Å². The SMILES string of the molecule is C1=CC(Nc2ccc3c4c(sc3c2)C=CCC4)C(c2cc3ccccc3c3c2-c2ccccc2C2C3c3ccccc3N2c2ccc3c(c2)sc2ccccc23)C=C1. The molecule has 4 atom stereocenters. The summed E-state index contributed by atoms with van der Waals surface area (Å²) in [5.74, 6) is 0.283. The molecule has 0 radical (unpaired) electrons. The molecule has 4 heteroatoms. The first-order chi connectivity index (χ1) is 28.8. The van der Waals surface area contributed by atoms with Crippen LogP contribution in [0.15, 0.2) is 170 Å². The summed E-state index contributed by atoms with van der Waals surface area (Å²) in [5, 5.41) is 10.8. The fraction of sp³-hybridized carbons (Fsp3) is 0.111. The zero-order valence-corrected chi connectivity index (χ0v) is 33.4. The van der Waals surface area contributed by atoms with Crippen molar-refractivity contribution >= 4 is 86.8 Å². The van der Waals surface area contributed by atoms with Crippen molar-refractivity contribution in [2.75, 3.05) is 10.2 Å². The van der Waals surface area contributed by atoms with Gasteiger partial charge in [-0.3, -0.25) is 0 Å². The standard InChI is InChI=1S/C54H38N2S2/c1-2-14-35-32(13-1)29-44(36-15-5-9-21-45(36)55-33-25-27-39-37-16-7-11-23-47(37)57-49(39)30-33)51-41-18-3-4-19-42(41)54-53(52(35)51)43-20-6-10-22-46(43)56(54)34-26-28-40-38-17-8-12-24-48(38)58-50(40)31-34/h1-6,8-15,17-31,36,45,53-55H,7,16H2. The van der Waals surface area contributed by atoms with E-state index in [4.69, 9.17) is 0 Å². The topological polar surface area (TPSA) is 15.3 Å². The van der Waals surface area contributed by atoms with E-state index < -0.39 is 0 Å². The molecule has 0 saturated heterocycles. The Balaban J connectivity index is 0.992. The summed E-state index contributed by atoms with van der Waals surface area (Å²) >= 11 is 3.83. The lowest BCUT2D eigenvalue weighted by atomic mass is 9.68. The first kappa shape index (κ1) is 32.8. The second-order valence-electron chi connectivity index (χ2n) is 16.3. The summed E-state index contributed by atoms with van der Waals surface area (Å²) in [7, 11) is 0. The molecular weight excluding hydrogens is 741 g/mol. The number of thiophene rings is 2. The summed E-state index contributed by atoms with van der Waals surface area (Å²) in [6.45, 7) is 0. The molecule has 2 nitrogen and oxygen atoms in total. The van der Waals surface area contributed by atoms with Crippen LogP contribution >= 0.6 is 22.7 Å². The van der Waals surface area contributed by atoms with Gasteiger partial charge >= 0.3 is 0 Å². The molecule has 276 valence electrons. The summed E-state index contributed by atoms with van der Waals surface area (Å²) in [4.78, 5) is 4.08. The highest BCUT2D eigenvalue weighted by Crippen LogP contribution is 2.63. The number of para-hydroxylation sites is 1. The van der Waals surface area contributed by atoms with Crippen LogP contribution in [0.2, 0.25) is 0 Å². The van der Waals surface area contributed by atoms with Gasteiger partial charge in [-0.05, 0) is 116 Å². The number of hydrogen-bond donors (Lipinski definition) is 1. The average Bonchev–Trinajstić information content (AvgIpc) is 3.95. The number of benzene rings is 7. The average molecular weight is 779 g/mol. The highest BCUT2D eigenvalue weighted by molar-refractivity contribution is 7.25. The fourth-order valence-corrected chi connectivity index (χ4v) is 13.2. The third-order valence-electron chi connectivity index (χ3n) is 13.2. The molecule has 0 fully saturated rings. The Hall–Kier alpha value is -6.20. The van der Waals surface area contributed by atoms with Crippen molar-refractivity contribution in [3.05, 3.63) is 203 Å². The van der Waals surface area contributed by atoms with Gasteiger partial charge in [0.05, 0.1) is 12.1 Å². The Kier molecular flexibility index (Phi) is 7.16. The largest absolute Gasteiger partial charge is 0.378 e. The van der Waals surface area contributed by atoms with Crippen molar-refractivity contribution < 1.29 is 0 Å². The van der Waals surface area contributed by atoms with Gasteiger partial charge in [0.25, 0.3) is 0 Å². The molecule has 2 aromatic heterocycles. The maximum Gasteiger partial charge on any atom is 0.0708 e. The van der Waals surface area contributed by atoms with Crippen molar-refractivity contribution in [2.24, 2.45) is 0 Å². The smallest absolute Gasteiger partial charge is 0.0708 e. The third kappa shape index (κ3) is 4.76. The highest BCUT2D eigenvalue weighted by atomic mass is 32.1. The van der Waals surface area contributed by atoms with Gasteiger partial charge in [0.2, 0.25) is 0 Å². The van der Waals surface area contributed by atoms with E-state index in [2.05, 4.69) is 186 Å². The fourth-order valence-electron chi connectivity index (χ4n) is 10.8. The lowest BCUT2D eigenvalue weighted by Crippen LogP contribution is -2.29. The zero-order valence-electron chi connectivity index (χ0n) is 31.7. The van der Waals surface area contributed by atoms with E-state index >= 15 is 0 Å². The molecule has 3 aliphatic carbocycles. The molecule has 7 aromatic carbocycles. The van der Waals surface area contributed by atoms with Crippen LogP contribution in [0.3, 0.4) is 0 Å². The van der Waals surface area contributed by atoms with E-state index in [0.717, 1.165) is 12.8 Å². The maximum absolute atomic E-state index is 4.04. The molecule has 0 spiro atoms. The van der Waals surface area contributed by atoms with Crippen LogP contribution in [0.1, 0.15) is 57.0 Å². The Morgan fingerprint density at radius 3 is 2.34 bits per heavy atom. The second kappa shape index (κ2) is 12.6. The van der Waals surface area contributed by atoms with Gasteiger partial charge < -0.3 is 10.2 Å². The van der Waals surface area contributed by atoms with E-state index in [1.54, 1.807) is 0 Å². The van der Waals surface area contributed by atoms with E-state index in [0.29, 0.717) is 0 Å². The number of anilines is 3. The van der Waals surface area contributed by atoms with Crippen LogP contribution in [0.25, 0.3) is 58.2 Å². The lowest BCUT2D eigenvalue weighted by Gasteiger charge is -2.39. The van der Waals surface area contributed by atoms with E-state index in [1.807, 2.05) is 22.7 Å². The number of nitrogens with zero attached hydrogens (tertiary/aromatic N) is 1. The van der Waals surface area contributed by atoms with Crippen LogP contribution in [-0.2, 0) is 6.42 Å². The Morgan fingerprint density at radius 2 is 1.38 bits per heavy atom. The molecule has 1 N–H and O–H groups in total. The molecule has 13 rings (SSSR count). The Labute approximate surface area is 345 Å². The second-order valence-corrected chi connectivity index (χ2v) is 18.4. The molecular formula is C54H38N2S2. The number of fused-ring (bicyclic) bond motifs is 16. The number of nitrogens with one attached hydrogen (secondary N) is 1. The number of rotatable bonds is 4. The number of allylic oxidation sites excluding steroid dienone is 3. The lowest BCUT2D eigenvalue weighted by molar-refractivity contribution is 0.650. The van der Waals surface area contributed by atoms with E-state index in [-0.39, 0.29) is 23.9 Å². The summed E-state index contributed by atoms with van der Waals surface area (Å²) < 4.78 is 4.04. The molecule has 0 bridgehead atoms. The van der Waals surface area contributed by atoms with Crippen LogP contribution in [-0.4, -0.2) is 6.04 Å². The van der Waals surface area contributed by atoms with Crippen molar-refractivity contribution in [3.63, 3.8) is 0 Å². The van der Waals surface area contributed by atoms with Crippen molar-refractivity contribution in [1.82, 2.24) is 0 Å². The Morgan fingerprint density at radius 1 is 0.603 bits per heavy atom. The summed E-state index contributed by atoms with van der Waals surface area (Å²) in [6.07, 6.45) is 16.2. The van der Waals surface area contributed by atoms with Crippen LogP contribution in [0.5, 0.6) is 0 Å². The molecule has 3 heterocycles. The van der Waals surface area contributed by atoms with Gasteiger partial charge in [-0.2, -0.15) is 0 Å². The molecule has 58 heavy (non-hydrogen) atoms. The van der Waals surface area contributed by atoms with Crippen LogP contribution < -0.4 is 10.2 Å².